The summed E-state index contributed by atoms with van der Waals surface area (Å²) in [4.78, 5) is 24.6. The predicted molar refractivity (Wildman–Crippen MR) is 123 cm³/mol. The van der Waals surface area contributed by atoms with Crippen molar-refractivity contribution < 1.29 is 14.7 Å². The maximum atomic E-state index is 12.9. The molecule has 2 N–H and O–H groups in total. The van der Waals surface area contributed by atoms with Gasteiger partial charge in [-0.2, -0.15) is 0 Å². The number of anilines is 1. The van der Waals surface area contributed by atoms with Gasteiger partial charge in [0.05, 0.1) is 11.6 Å². The van der Waals surface area contributed by atoms with Crippen molar-refractivity contribution in [3.05, 3.63) is 53.7 Å². The number of rotatable bonds is 4. The number of para-hydroxylation sites is 1. The van der Waals surface area contributed by atoms with Crippen molar-refractivity contribution in [3.8, 4) is 11.1 Å². The molecule has 2 aromatic carbocycles. The molecule has 1 atom stereocenters. The number of carbonyl (C=O) groups is 2. The van der Waals surface area contributed by atoms with E-state index < -0.39 is 0 Å². The average molecular weight is 417 g/mol. The van der Waals surface area contributed by atoms with Crippen molar-refractivity contribution in [2.24, 2.45) is 5.92 Å². The SMILES string of the molecule is C[C@H]1CC(=O)n2c(c(-c3ccc(C=O)c(NC4CCC(O)CC4)c3)c3ccccc32)C1. The summed E-state index contributed by atoms with van der Waals surface area (Å²) >= 11 is 0. The Morgan fingerprint density at radius 2 is 1.84 bits per heavy atom. The van der Waals surface area contributed by atoms with Crippen LogP contribution in [0.4, 0.5) is 5.69 Å². The van der Waals surface area contributed by atoms with Crippen molar-refractivity contribution in [3.63, 3.8) is 0 Å². The van der Waals surface area contributed by atoms with Crippen LogP contribution < -0.4 is 5.32 Å². The van der Waals surface area contributed by atoms with Crippen molar-refractivity contribution in [2.75, 3.05) is 5.32 Å². The van der Waals surface area contributed by atoms with Crippen molar-refractivity contribution in [1.82, 2.24) is 4.57 Å². The molecule has 3 aromatic rings. The van der Waals surface area contributed by atoms with Gasteiger partial charge in [0.15, 0.2) is 6.29 Å². The van der Waals surface area contributed by atoms with Crippen molar-refractivity contribution in [2.45, 2.75) is 57.6 Å². The van der Waals surface area contributed by atoms with E-state index in [0.717, 1.165) is 71.8 Å². The van der Waals surface area contributed by atoms with E-state index in [-0.39, 0.29) is 18.1 Å². The molecule has 0 spiro atoms. The summed E-state index contributed by atoms with van der Waals surface area (Å²) in [5, 5.41) is 14.4. The minimum atomic E-state index is -0.214. The summed E-state index contributed by atoms with van der Waals surface area (Å²) in [7, 11) is 0. The summed E-state index contributed by atoms with van der Waals surface area (Å²) < 4.78 is 1.90. The third kappa shape index (κ3) is 3.57. The van der Waals surface area contributed by atoms with Gasteiger partial charge in [0.25, 0.3) is 0 Å². The molecule has 0 saturated heterocycles. The summed E-state index contributed by atoms with van der Waals surface area (Å²) in [6.45, 7) is 2.13. The highest BCUT2D eigenvalue weighted by molar-refractivity contribution is 6.05. The number of aldehydes is 1. The molecule has 2 aliphatic rings. The van der Waals surface area contributed by atoms with Gasteiger partial charge in [0.2, 0.25) is 5.91 Å². The van der Waals surface area contributed by atoms with Crippen LogP contribution >= 0.6 is 0 Å². The first-order chi connectivity index (χ1) is 15.0. The van der Waals surface area contributed by atoms with E-state index in [9.17, 15) is 14.7 Å². The standard InChI is InChI=1S/C26H28N2O3/c1-16-12-24-26(21-4-2-3-5-23(21)28(24)25(31)13-16)17-6-7-18(15-29)22(14-17)27-19-8-10-20(30)11-9-19/h2-7,14-16,19-20,27,30H,8-13H2,1H3/t16-,19?,20?/m1/s1. The lowest BCUT2D eigenvalue weighted by molar-refractivity contribution is 0.0866. The number of nitrogens with one attached hydrogen (secondary N) is 1. The summed E-state index contributed by atoms with van der Waals surface area (Å²) in [5.41, 5.74) is 5.60. The Labute approximate surface area is 182 Å². The fourth-order valence-corrected chi connectivity index (χ4v) is 5.26. The summed E-state index contributed by atoms with van der Waals surface area (Å²) in [6.07, 6.45) is 5.44. The number of carbonyl (C=O) groups excluding carboxylic acids is 2. The molecule has 0 unspecified atom stereocenters. The van der Waals surface area contributed by atoms with E-state index in [4.69, 9.17) is 0 Å². The van der Waals surface area contributed by atoms with Gasteiger partial charge in [-0.25, -0.2) is 0 Å². The molecule has 1 aromatic heterocycles. The van der Waals surface area contributed by atoms with Crippen LogP contribution in [-0.2, 0) is 6.42 Å². The highest BCUT2D eigenvalue weighted by Crippen LogP contribution is 2.40. The third-order valence-electron chi connectivity index (χ3n) is 6.81. The molecule has 5 nitrogen and oxygen atoms in total. The maximum Gasteiger partial charge on any atom is 0.231 e. The number of aliphatic hydroxyl groups is 1. The van der Waals surface area contributed by atoms with Crippen LogP contribution in [0.15, 0.2) is 42.5 Å². The van der Waals surface area contributed by atoms with Crippen LogP contribution in [0.3, 0.4) is 0 Å². The highest BCUT2D eigenvalue weighted by atomic mass is 16.3. The second kappa shape index (κ2) is 7.97. The Hall–Kier alpha value is -2.92. The molecule has 160 valence electrons. The Morgan fingerprint density at radius 3 is 2.61 bits per heavy atom. The van der Waals surface area contributed by atoms with Gasteiger partial charge in [-0.05, 0) is 61.8 Å². The van der Waals surface area contributed by atoms with Crippen molar-refractivity contribution in [1.29, 1.82) is 0 Å². The normalized spacial score (nSPS) is 23.5. The quantitative estimate of drug-likeness (QED) is 0.583. The summed E-state index contributed by atoms with van der Waals surface area (Å²) in [6, 6.07) is 14.3. The lowest BCUT2D eigenvalue weighted by atomic mass is 9.91. The molecular weight excluding hydrogens is 388 g/mol. The van der Waals surface area contributed by atoms with Crippen LogP contribution in [0.5, 0.6) is 0 Å². The second-order valence-corrected chi connectivity index (χ2v) is 9.15. The molecule has 1 saturated carbocycles. The lowest BCUT2D eigenvalue weighted by Crippen LogP contribution is -2.28. The van der Waals surface area contributed by atoms with Gasteiger partial charge < -0.3 is 10.4 Å². The largest absolute Gasteiger partial charge is 0.393 e. The third-order valence-corrected chi connectivity index (χ3v) is 6.81. The number of benzene rings is 2. The van der Waals surface area contributed by atoms with E-state index in [2.05, 4.69) is 24.4 Å². The van der Waals surface area contributed by atoms with Crippen LogP contribution in [-0.4, -0.2) is 34.0 Å². The van der Waals surface area contributed by atoms with Gasteiger partial charge in [0.1, 0.15) is 0 Å². The molecule has 0 radical (unpaired) electrons. The van der Waals surface area contributed by atoms with Crippen LogP contribution in [0.2, 0.25) is 0 Å². The molecule has 1 aliphatic carbocycles. The predicted octanol–water partition coefficient (Wildman–Crippen LogP) is 5.06. The molecular formula is C26H28N2O3. The number of nitrogens with zero attached hydrogens (tertiary/aromatic N) is 1. The minimum Gasteiger partial charge on any atom is -0.393 e. The maximum absolute atomic E-state index is 12.9. The van der Waals surface area contributed by atoms with E-state index >= 15 is 0 Å². The van der Waals surface area contributed by atoms with Gasteiger partial charge in [-0.15, -0.1) is 0 Å². The number of fused-ring (bicyclic) bond motifs is 3. The molecule has 5 heteroatoms. The van der Waals surface area contributed by atoms with Crippen LogP contribution in [0.25, 0.3) is 22.0 Å². The molecule has 2 heterocycles. The second-order valence-electron chi connectivity index (χ2n) is 9.15. The number of aromatic nitrogens is 1. The highest BCUT2D eigenvalue weighted by Gasteiger charge is 2.29. The molecule has 0 amide bonds. The van der Waals surface area contributed by atoms with Crippen LogP contribution in [0.1, 0.15) is 59.9 Å². The van der Waals surface area contributed by atoms with Gasteiger partial charge in [-0.3, -0.25) is 14.2 Å². The van der Waals surface area contributed by atoms with E-state index in [1.807, 2.05) is 34.9 Å². The zero-order valence-electron chi connectivity index (χ0n) is 17.8. The Kier molecular flexibility index (Phi) is 5.14. The fourth-order valence-electron chi connectivity index (χ4n) is 5.26. The molecule has 5 rings (SSSR count). The molecule has 0 bridgehead atoms. The molecule has 1 aliphatic heterocycles. The Bertz CT molecular complexity index is 1150. The molecule has 1 fully saturated rings. The van der Waals surface area contributed by atoms with Gasteiger partial charge in [0, 0.05) is 40.4 Å². The Morgan fingerprint density at radius 1 is 1.06 bits per heavy atom. The minimum absolute atomic E-state index is 0.153. The van der Waals surface area contributed by atoms with Crippen molar-refractivity contribution >= 4 is 28.8 Å². The topological polar surface area (TPSA) is 71.3 Å². The van der Waals surface area contributed by atoms with Crippen LogP contribution in [0, 0.1) is 5.92 Å². The number of hydrogen-bond donors (Lipinski definition) is 2. The Balaban J connectivity index is 1.62. The van der Waals surface area contributed by atoms with Gasteiger partial charge in [-0.1, -0.05) is 31.2 Å². The smallest absolute Gasteiger partial charge is 0.231 e. The zero-order valence-corrected chi connectivity index (χ0v) is 17.8. The number of hydrogen-bond acceptors (Lipinski definition) is 4. The van der Waals surface area contributed by atoms with E-state index in [0.29, 0.717) is 17.9 Å². The first kappa shape index (κ1) is 20.0. The number of aliphatic hydroxyl groups excluding tert-OH is 1. The first-order valence-corrected chi connectivity index (χ1v) is 11.2. The summed E-state index contributed by atoms with van der Waals surface area (Å²) in [5.74, 6) is 0.461. The van der Waals surface area contributed by atoms with E-state index in [1.54, 1.807) is 0 Å². The average Bonchev–Trinajstić information content (AvgIpc) is 3.09. The zero-order chi connectivity index (χ0) is 21.5. The van der Waals surface area contributed by atoms with Gasteiger partial charge >= 0.3 is 0 Å². The lowest BCUT2D eigenvalue weighted by Gasteiger charge is -2.27. The fraction of sp³-hybridized carbons (Fsp3) is 0.385. The first-order valence-electron chi connectivity index (χ1n) is 11.2. The monoisotopic (exact) mass is 416 g/mol. The molecule has 31 heavy (non-hydrogen) atoms. The van der Waals surface area contributed by atoms with E-state index in [1.165, 1.54) is 0 Å².